The van der Waals surface area contributed by atoms with Crippen molar-refractivity contribution in [2.45, 2.75) is 20.0 Å². The van der Waals surface area contributed by atoms with Gasteiger partial charge in [-0.1, -0.05) is 0 Å². The van der Waals surface area contributed by atoms with Crippen LogP contribution in [0, 0.1) is 6.92 Å². The van der Waals surface area contributed by atoms with Crippen LogP contribution >= 0.6 is 11.3 Å². The van der Waals surface area contributed by atoms with Gasteiger partial charge in [0.1, 0.15) is 6.10 Å². The summed E-state index contributed by atoms with van der Waals surface area (Å²) in [5.74, 6) is -0.427. The maximum Gasteiger partial charge on any atom is 0.254 e. The van der Waals surface area contributed by atoms with Crippen molar-refractivity contribution >= 4 is 22.4 Å². The molecule has 0 aliphatic heterocycles. The Morgan fingerprint density at radius 3 is 2.92 bits per heavy atom. The van der Waals surface area contributed by atoms with Crippen LogP contribution in [0.15, 0.2) is 5.38 Å². The number of aromatic nitrogens is 1. The van der Waals surface area contributed by atoms with E-state index in [-0.39, 0.29) is 0 Å². The summed E-state index contributed by atoms with van der Waals surface area (Å²) in [7, 11) is 0. The molecule has 0 aliphatic rings. The molecular weight excluding hydrogens is 176 g/mol. The van der Waals surface area contributed by atoms with E-state index in [2.05, 4.69) is 10.3 Å². The summed E-state index contributed by atoms with van der Waals surface area (Å²) < 4.78 is 0. The molecule has 5 heteroatoms. The van der Waals surface area contributed by atoms with E-state index in [0.717, 1.165) is 5.69 Å². The van der Waals surface area contributed by atoms with Crippen molar-refractivity contribution in [3.63, 3.8) is 0 Å². The van der Waals surface area contributed by atoms with E-state index in [0.29, 0.717) is 5.13 Å². The van der Waals surface area contributed by atoms with Crippen molar-refractivity contribution in [1.29, 1.82) is 0 Å². The Morgan fingerprint density at radius 1 is 1.83 bits per heavy atom. The predicted molar refractivity (Wildman–Crippen MR) is 47.2 cm³/mol. The van der Waals surface area contributed by atoms with Crippen molar-refractivity contribution in [3.8, 4) is 0 Å². The van der Waals surface area contributed by atoms with Crippen LogP contribution in [-0.2, 0) is 4.79 Å². The lowest BCUT2D eigenvalue weighted by Crippen LogP contribution is -2.24. The fourth-order valence-electron chi connectivity index (χ4n) is 0.621. The normalized spacial score (nSPS) is 12.6. The molecule has 0 bridgehead atoms. The average Bonchev–Trinajstić information content (AvgIpc) is 2.35. The summed E-state index contributed by atoms with van der Waals surface area (Å²) in [4.78, 5) is 14.9. The number of aliphatic hydroxyl groups is 1. The van der Waals surface area contributed by atoms with E-state index >= 15 is 0 Å². The van der Waals surface area contributed by atoms with Gasteiger partial charge in [0.05, 0.1) is 5.69 Å². The molecule has 0 fully saturated rings. The number of amides is 1. The van der Waals surface area contributed by atoms with Gasteiger partial charge in [-0.15, -0.1) is 11.3 Å². The van der Waals surface area contributed by atoms with Crippen molar-refractivity contribution in [2.75, 3.05) is 5.32 Å². The van der Waals surface area contributed by atoms with Crippen LogP contribution in [0.5, 0.6) is 0 Å². The van der Waals surface area contributed by atoms with Crippen molar-refractivity contribution in [2.24, 2.45) is 0 Å². The SMILES string of the molecule is Cc1csc(NC(=O)[C@@H](C)O)n1. The third-order valence-electron chi connectivity index (χ3n) is 1.23. The molecule has 1 atom stereocenters. The van der Waals surface area contributed by atoms with E-state index in [1.54, 1.807) is 0 Å². The molecule has 1 heterocycles. The molecule has 0 spiro atoms. The molecule has 0 radical (unpaired) electrons. The summed E-state index contributed by atoms with van der Waals surface area (Å²) in [5, 5.41) is 13.7. The summed E-state index contributed by atoms with van der Waals surface area (Å²) >= 11 is 1.34. The van der Waals surface area contributed by atoms with Crippen molar-refractivity contribution in [3.05, 3.63) is 11.1 Å². The zero-order valence-corrected chi connectivity index (χ0v) is 7.68. The van der Waals surface area contributed by atoms with Crippen molar-refractivity contribution < 1.29 is 9.90 Å². The van der Waals surface area contributed by atoms with Crippen molar-refractivity contribution in [1.82, 2.24) is 4.98 Å². The maximum absolute atomic E-state index is 10.9. The Balaban J connectivity index is 2.58. The van der Waals surface area contributed by atoms with Gasteiger partial charge in [0.15, 0.2) is 5.13 Å². The minimum atomic E-state index is -0.991. The molecule has 1 aromatic rings. The number of hydrogen-bond acceptors (Lipinski definition) is 4. The highest BCUT2D eigenvalue weighted by Gasteiger charge is 2.09. The average molecular weight is 186 g/mol. The molecule has 2 N–H and O–H groups in total. The van der Waals surface area contributed by atoms with E-state index in [9.17, 15) is 4.79 Å². The fourth-order valence-corrected chi connectivity index (χ4v) is 1.31. The highest BCUT2D eigenvalue weighted by atomic mass is 32.1. The van der Waals surface area contributed by atoms with Crippen LogP contribution in [0.1, 0.15) is 12.6 Å². The quantitative estimate of drug-likeness (QED) is 0.717. The molecule has 1 rings (SSSR count). The second-order valence-corrected chi connectivity index (χ2v) is 3.32. The molecule has 0 unspecified atom stereocenters. The fraction of sp³-hybridized carbons (Fsp3) is 0.429. The Hall–Kier alpha value is -0.940. The third-order valence-corrected chi connectivity index (χ3v) is 2.10. The van der Waals surface area contributed by atoms with Gasteiger partial charge in [-0.25, -0.2) is 4.98 Å². The van der Waals surface area contributed by atoms with Crippen LogP contribution in [0.3, 0.4) is 0 Å². The number of carbonyl (C=O) groups excluding carboxylic acids is 1. The number of nitrogens with one attached hydrogen (secondary N) is 1. The van der Waals surface area contributed by atoms with Crippen LogP contribution in [0.2, 0.25) is 0 Å². The maximum atomic E-state index is 10.9. The first-order chi connectivity index (χ1) is 5.59. The number of carbonyl (C=O) groups is 1. The minimum absolute atomic E-state index is 0.427. The zero-order chi connectivity index (χ0) is 9.14. The smallest absolute Gasteiger partial charge is 0.254 e. The third kappa shape index (κ3) is 2.28. The largest absolute Gasteiger partial charge is 0.384 e. The number of aryl methyl sites for hydroxylation is 1. The van der Waals surface area contributed by atoms with E-state index in [4.69, 9.17) is 5.11 Å². The van der Waals surface area contributed by atoms with Gasteiger partial charge >= 0.3 is 0 Å². The first-order valence-electron chi connectivity index (χ1n) is 3.50. The number of hydrogen-bond donors (Lipinski definition) is 2. The topological polar surface area (TPSA) is 62.2 Å². The summed E-state index contributed by atoms with van der Waals surface area (Å²) in [6.07, 6.45) is -0.991. The van der Waals surface area contributed by atoms with Crippen LogP contribution in [-0.4, -0.2) is 22.1 Å². The van der Waals surface area contributed by atoms with Gasteiger partial charge in [0.2, 0.25) is 0 Å². The van der Waals surface area contributed by atoms with Gasteiger partial charge in [-0.3, -0.25) is 10.1 Å². The second-order valence-electron chi connectivity index (χ2n) is 2.46. The van der Waals surface area contributed by atoms with Gasteiger partial charge in [0.25, 0.3) is 5.91 Å². The highest BCUT2D eigenvalue weighted by Crippen LogP contribution is 2.14. The molecule has 66 valence electrons. The predicted octanol–water partition coefficient (Wildman–Crippen LogP) is 0.771. The van der Waals surface area contributed by atoms with Crippen LogP contribution in [0.4, 0.5) is 5.13 Å². The Labute approximate surface area is 74.3 Å². The van der Waals surface area contributed by atoms with Crippen LogP contribution < -0.4 is 5.32 Å². The molecule has 4 nitrogen and oxygen atoms in total. The summed E-state index contributed by atoms with van der Waals surface area (Å²) in [6.45, 7) is 3.25. The first kappa shape index (κ1) is 9.15. The lowest BCUT2D eigenvalue weighted by molar-refractivity contribution is -0.123. The summed E-state index contributed by atoms with van der Waals surface area (Å²) in [5.41, 5.74) is 0.862. The number of thiazole rings is 1. The number of rotatable bonds is 2. The van der Waals surface area contributed by atoms with Gasteiger partial charge < -0.3 is 5.11 Å². The second kappa shape index (κ2) is 3.64. The first-order valence-corrected chi connectivity index (χ1v) is 4.38. The molecule has 1 aromatic heterocycles. The van der Waals surface area contributed by atoms with E-state index in [1.807, 2.05) is 12.3 Å². The minimum Gasteiger partial charge on any atom is -0.384 e. The lowest BCUT2D eigenvalue weighted by Gasteiger charge is -2.02. The number of nitrogens with zero attached hydrogens (tertiary/aromatic N) is 1. The van der Waals surface area contributed by atoms with Gasteiger partial charge in [-0.05, 0) is 13.8 Å². The Morgan fingerprint density at radius 2 is 2.50 bits per heavy atom. The molecular formula is C7H10N2O2S. The van der Waals surface area contributed by atoms with Gasteiger partial charge in [-0.2, -0.15) is 0 Å². The summed E-state index contributed by atoms with van der Waals surface area (Å²) in [6, 6.07) is 0. The number of anilines is 1. The molecule has 0 aromatic carbocycles. The monoisotopic (exact) mass is 186 g/mol. The van der Waals surface area contributed by atoms with Gasteiger partial charge in [0, 0.05) is 5.38 Å². The molecule has 0 aliphatic carbocycles. The molecule has 12 heavy (non-hydrogen) atoms. The standard InChI is InChI=1S/C7H10N2O2S/c1-4-3-12-7(8-4)9-6(11)5(2)10/h3,5,10H,1-2H3,(H,8,9,11)/t5-/m1/s1. The lowest BCUT2D eigenvalue weighted by atomic mass is 10.4. The Bertz CT molecular complexity index is 283. The molecule has 0 saturated heterocycles. The molecule has 1 amide bonds. The van der Waals surface area contributed by atoms with E-state index < -0.39 is 12.0 Å². The van der Waals surface area contributed by atoms with E-state index in [1.165, 1.54) is 18.3 Å². The Kier molecular flexibility index (Phi) is 2.78. The zero-order valence-electron chi connectivity index (χ0n) is 6.87. The molecule has 0 saturated carbocycles. The van der Waals surface area contributed by atoms with Crippen LogP contribution in [0.25, 0.3) is 0 Å². The number of aliphatic hydroxyl groups excluding tert-OH is 1. The highest BCUT2D eigenvalue weighted by molar-refractivity contribution is 7.13.